The molecule has 0 spiro atoms. The smallest absolute Gasteiger partial charge is 0.250 e. The van der Waals surface area contributed by atoms with E-state index < -0.39 is 5.91 Å². The first-order chi connectivity index (χ1) is 14.6. The first-order valence-corrected chi connectivity index (χ1v) is 9.10. The second kappa shape index (κ2) is 8.04. The Balaban J connectivity index is 1.90. The summed E-state index contributed by atoms with van der Waals surface area (Å²) in [6, 6.07) is 14.3. The van der Waals surface area contributed by atoms with E-state index in [0.29, 0.717) is 45.5 Å². The number of amides is 1. The predicted molar refractivity (Wildman–Crippen MR) is 114 cm³/mol. The summed E-state index contributed by atoms with van der Waals surface area (Å²) in [5.74, 6) is 1.68. The standard InChI is InChI=1S/C22H19N5O3/c1-29-14-7-8-19-17(10-14)22(26-18-6-4-3-5-16(18)20(23)28)27-21(25-19)13-9-15(30-2)12-24-11-13/h3-12H,1-2H3,(H2,23,28)(H,25,26,27). The molecule has 0 radical (unpaired) electrons. The van der Waals surface area contributed by atoms with Crippen LogP contribution in [0, 0.1) is 0 Å². The van der Waals surface area contributed by atoms with Gasteiger partial charge in [0.2, 0.25) is 0 Å². The Bertz CT molecular complexity index is 1240. The maximum Gasteiger partial charge on any atom is 0.250 e. The van der Waals surface area contributed by atoms with Crippen LogP contribution in [0.2, 0.25) is 0 Å². The highest BCUT2D eigenvalue weighted by Crippen LogP contribution is 2.31. The summed E-state index contributed by atoms with van der Waals surface area (Å²) < 4.78 is 10.6. The van der Waals surface area contributed by atoms with E-state index >= 15 is 0 Å². The number of nitrogens with one attached hydrogen (secondary N) is 1. The van der Waals surface area contributed by atoms with E-state index in [4.69, 9.17) is 20.2 Å². The van der Waals surface area contributed by atoms with Crippen LogP contribution in [0.4, 0.5) is 11.5 Å². The fourth-order valence-corrected chi connectivity index (χ4v) is 3.05. The second-order valence-electron chi connectivity index (χ2n) is 6.43. The number of fused-ring (bicyclic) bond motifs is 1. The van der Waals surface area contributed by atoms with Crippen LogP contribution < -0.4 is 20.5 Å². The number of pyridine rings is 1. The number of hydrogen-bond acceptors (Lipinski definition) is 7. The quantitative estimate of drug-likeness (QED) is 0.508. The molecule has 8 nitrogen and oxygen atoms in total. The number of primary amides is 1. The van der Waals surface area contributed by atoms with Gasteiger partial charge < -0.3 is 20.5 Å². The zero-order valence-corrected chi connectivity index (χ0v) is 16.4. The molecule has 0 fully saturated rings. The van der Waals surface area contributed by atoms with Crippen LogP contribution in [-0.4, -0.2) is 35.1 Å². The van der Waals surface area contributed by atoms with E-state index in [0.717, 1.165) is 5.39 Å². The lowest BCUT2D eigenvalue weighted by molar-refractivity contribution is 0.100. The van der Waals surface area contributed by atoms with Gasteiger partial charge in [-0.2, -0.15) is 0 Å². The van der Waals surface area contributed by atoms with Crippen molar-refractivity contribution < 1.29 is 14.3 Å². The molecule has 0 unspecified atom stereocenters. The molecule has 4 aromatic rings. The number of ether oxygens (including phenoxy) is 2. The Morgan fingerprint density at radius 1 is 0.967 bits per heavy atom. The van der Waals surface area contributed by atoms with Gasteiger partial charge in [-0.1, -0.05) is 12.1 Å². The van der Waals surface area contributed by atoms with Crippen molar-refractivity contribution in [3.8, 4) is 22.9 Å². The van der Waals surface area contributed by atoms with Crippen molar-refractivity contribution in [2.24, 2.45) is 5.73 Å². The van der Waals surface area contributed by atoms with Gasteiger partial charge in [0.05, 0.1) is 37.2 Å². The lowest BCUT2D eigenvalue weighted by atomic mass is 10.1. The highest BCUT2D eigenvalue weighted by molar-refractivity contribution is 6.01. The van der Waals surface area contributed by atoms with Gasteiger partial charge in [0.15, 0.2) is 5.82 Å². The molecule has 0 bridgehead atoms. The number of anilines is 2. The van der Waals surface area contributed by atoms with Gasteiger partial charge in [-0.05, 0) is 36.4 Å². The molecular formula is C22H19N5O3. The minimum Gasteiger partial charge on any atom is -0.497 e. The van der Waals surface area contributed by atoms with Crippen molar-refractivity contribution in [3.05, 3.63) is 66.5 Å². The molecule has 0 atom stereocenters. The van der Waals surface area contributed by atoms with E-state index in [1.54, 1.807) is 50.9 Å². The molecule has 1 amide bonds. The zero-order chi connectivity index (χ0) is 21.1. The van der Waals surface area contributed by atoms with Crippen LogP contribution in [-0.2, 0) is 0 Å². The molecule has 2 aromatic carbocycles. The van der Waals surface area contributed by atoms with E-state index in [-0.39, 0.29) is 0 Å². The average molecular weight is 401 g/mol. The van der Waals surface area contributed by atoms with E-state index in [2.05, 4.69) is 15.3 Å². The van der Waals surface area contributed by atoms with E-state index in [1.807, 2.05) is 24.3 Å². The van der Waals surface area contributed by atoms with Crippen LogP contribution in [0.15, 0.2) is 60.9 Å². The summed E-state index contributed by atoms with van der Waals surface area (Å²) in [4.78, 5) is 25.4. The van der Waals surface area contributed by atoms with Gasteiger partial charge >= 0.3 is 0 Å². The Morgan fingerprint density at radius 3 is 2.53 bits per heavy atom. The molecular weight excluding hydrogens is 382 g/mol. The van der Waals surface area contributed by atoms with Gasteiger partial charge in [-0.3, -0.25) is 9.78 Å². The third-order valence-corrected chi connectivity index (χ3v) is 4.56. The highest BCUT2D eigenvalue weighted by atomic mass is 16.5. The molecule has 4 rings (SSSR count). The highest BCUT2D eigenvalue weighted by Gasteiger charge is 2.14. The SMILES string of the molecule is COc1cncc(-c2nc(Nc3ccccc3C(N)=O)c3cc(OC)ccc3n2)c1. The first kappa shape index (κ1) is 19.1. The molecule has 0 saturated carbocycles. The fourth-order valence-electron chi connectivity index (χ4n) is 3.05. The Labute approximate surface area is 172 Å². The van der Waals surface area contributed by atoms with Crippen molar-refractivity contribution in [1.29, 1.82) is 0 Å². The zero-order valence-electron chi connectivity index (χ0n) is 16.4. The van der Waals surface area contributed by atoms with Gasteiger partial charge in [-0.15, -0.1) is 0 Å². The van der Waals surface area contributed by atoms with Crippen LogP contribution in [0.5, 0.6) is 11.5 Å². The van der Waals surface area contributed by atoms with Crippen LogP contribution >= 0.6 is 0 Å². The molecule has 150 valence electrons. The number of nitrogens with two attached hydrogens (primary N) is 1. The van der Waals surface area contributed by atoms with Gasteiger partial charge in [0.1, 0.15) is 17.3 Å². The van der Waals surface area contributed by atoms with E-state index in [9.17, 15) is 4.79 Å². The number of para-hydroxylation sites is 1. The minimum atomic E-state index is -0.536. The lowest BCUT2D eigenvalue weighted by Gasteiger charge is -2.14. The summed E-state index contributed by atoms with van der Waals surface area (Å²) in [5.41, 5.74) is 7.82. The van der Waals surface area contributed by atoms with Crippen LogP contribution in [0.3, 0.4) is 0 Å². The van der Waals surface area contributed by atoms with Gasteiger partial charge in [0, 0.05) is 17.1 Å². The van der Waals surface area contributed by atoms with Gasteiger partial charge in [0.25, 0.3) is 5.91 Å². The van der Waals surface area contributed by atoms with Crippen molar-refractivity contribution in [3.63, 3.8) is 0 Å². The third-order valence-electron chi connectivity index (χ3n) is 4.56. The molecule has 30 heavy (non-hydrogen) atoms. The molecule has 2 heterocycles. The number of rotatable bonds is 6. The molecule has 2 aromatic heterocycles. The van der Waals surface area contributed by atoms with Crippen molar-refractivity contribution >= 4 is 28.3 Å². The number of nitrogens with zero attached hydrogens (tertiary/aromatic N) is 3. The topological polar surface area (TPSA) is 112 Å². The number of hydrogen-bond donors (Lipinski definition) is 2. The van der Waals surface area contributed by atoms with E-state index in [1.165, 1.54) is 0 Å². The summed E-state index contributed by atoms with van der Waals surface area (Å²) in [7, 11) is 3.16. The van der Waals surface area contributed by atoms with Crippen molar-refractivity contribution in [1.82, 2.24) is 15.0 Å². The average Bonchev–Trinajstić information content (AvgIpc) is 2.79. The normalized spacial score (nSPS) is 10.6. The Kier molecular flexibility index (Phi) is 5.13. The third kappa shape index (κ3) is 3.70. The summed E-state index contributed by atoms with van der Waals surface area (Å²) >= 11 is 0. The number of benzene rings is 2. The van der Waals surface area contributed by atoms with Crippen molar-refractivity contribution in [2.45, 2.75) is 0 Å². The van der Waals surface area contributed by atoms with Gasteiger partial charge in [-0.25, -0.2) is 9.97 Å². The number of carbonyl (C=O) groups excluding carboxylic acids is 1. The molecule has 0 aliphatic rings. The fraction of sp³-hybridized carbons (Fsp3) is 0.0909. The minimum absolute atomic E-state index is 0.358. The number of carbonyl (C=O) groups is 1. The molecule has 0 aliphatic carbocycles. The maximum absolute atomic E-state index is 11.8. The summed E-state index contributed by atoms with van der Waals surface area (Å²) in [6.07, 6.45) is 3.27. The Morgan fingerprint density at radius 2 is 1.77 bits per heavy atom. The molecule has 0 saturated heterocycles. The van der Waals surface area contributed by atoms with Crippen molar-refractivity contribution in [2.75, 3.05) is 19.5 Å². The lowest BCUT2D eigenvalue weighted by Crippen LogP contribution is -2.13. The molecule has 8 heteroatoms. The largest absolute Gasteiger partial charge is 0.497 e. The molecule has 3 N–H and O–H groups in total. The predicted octanol–water partition coefficient (Wildman–Crippen LogP) is 3.55. The summed E-state index contributed by atoms with van der Waals surface area (Å²) in [6.45, 7) is 0. The first-order valence-electron chi connectivity index (χ1n) is 9.10. The second-order valence-corrected chi connectivity index (χ2v) is 6.43. The van der Waals surface area contributed by atoms with Crippen LogP contribution in [0.1, 0.15) is 10.4 Å². The van der Waals surface area contributed by atoms with Crippen LogP contribution in [0.25, 0.3) is 22.3 Å². The monoisotopic (exact) mass is 401 g/mol. The number of aromatic nitrogens is 3. The maximum atomic E-state index is 11.8. The Hall–Kier alpha value is -4.20. The number of methoxy groups -OCH3 is 2. The summed E-state index contributed by atoms with van der Waals surface area (Å²) in [5, 5.41) is 3.96. The molecule has 0 aliphatic heterocycles.